The molecule has 0 saturated carbocycles. The Kier molecular flexibility index (Phi) is 7.30. The maximum atomic E-state index is 10.1. The van der Waals surface area contributed by atoms with Crippen LogP contribution >= 0.6 is 23.2 Å². The fourth-order valence-electron chi connectivity index (χ4n) is 0.690. The Morgan fingerprint density at radius 1 is 1.37 bits per heavy atom. The van der Waals surface area contributed by atoms with Crippen molar-refractivity contribution in [2.45, 2.75) is 12.3 Å². The Labute approximate surface area is 121 Å². The van der Waals surface area contributed by atoms with E-state index in [1.54, 1.807) is 18.2 Å². The molecule has 19 heavy (non-hydrogen) atoms. The molecule has 1 aromatic rings. The number of nitrogens with zero attached hydrogens (tertiary/aromatic N) is 1. The summed E-state index contributed by atoms with van der Waals surface area (Å²) in [5.41, 5.74) is 5.92. The van der Waals surface area contributed by atoms with Crippen LogP contribution in [-0.4, -0.2) is 26.8 Å². The second-order valence-electron chi connectivity index (χ2n) is 3.10. The third kappa shape index (κ3) is 8.01. The average molecular weight is 349 g/mol. The van der Waals surface area contributed by atoms with Gasteiger partial charge in [0.05, 0.1) is 10.7 Å². The maximum absolute atomic E-state index is 10.1. The summed E-state index contributed by atoms with van der Waals surface area (Å²) in [5, 5.41) is -0.470. The van der Waals surface area contributed by atoms with Crippen molar-refractivity contribution in [1.29, 1.82) is 0 Å². The second-order valence-corrected chi connectivity index (χ2v) is 6.30. The summed E-state index contributed by atoms with van der Waals surface area (Å²) in [7, 11) is -7.16. The highest BCUT2D eigenvalue weighted by atomic mass is 35.5. The minimum atomic E-state index is -4.36. The first-order valence-corrected chi connectivity index (χ1v) is 7.80. The smallest absolute Gasteiger partial charge is 0.312 e. The van der Waals surface area contributed by atoms with Gasteiger partial charge < -0.3 is 5.73 Å². The van der Waals surface area contributed by atoms with Gasteiger partial charge in [0, 0.05) is 5.02 Å². The predicted octanol–water partition coefficient (Wildman–Crippen LogP) is 1.86. The van der Waals surface area contributed by atoms with Gasteiger partial charge in [-0.25, -0.2) is 0 Å². The highest BCUT2D eigenvalue weighted by molar-refractivity contribution is 7.86. The van der Waals surface area contributed by atoms with Crippen LogP contribution in [0.4, 0.5) is 5.69 Å². The van der Waals surface area contributed by atoms with Crippen molar-refractivity contribution in [2.75, 3.05) is 5.73 Å². The van der Waals surface area contributed by atoms with Crippen LogP contribution < -0.4 is 5.73 Å². The van der Waals surface area contributed by atoms with E-state index in [9.17, 15) is 16.8 Å². The Balaban J connectivity index is 0.000000342. The lowest BCUT2D eigenvalue weighted by Gasteiger charge is -1.95. The molecule has 0 aromatic heterocycles. The van der Waals surface area contributed by atoms with E-state index in [1.807, 2.05) is 0 Å². The van der Waals surface area contributed by atoms with Crippen LogP contribution in [0.1, 0.15) is 6.92 Å². The van der Waals surface area contributed by atoms with Gasteiger partial charge >= 0.3 is 10.5 Å². The van der Waals surface area contributed by atoms with Gasteiger partial charge in [0.1, 0.15) is 0 Å². The summed E-state index contributed by atoms with van der Waals surface area (Å²) in [6, 6.07) is 4.98. The lowest BCUT2D eigenvalue weighted by atomic mass is 10.3. The normalized spacial score (nSPS) is 12.0. The summed E-state index contributed by atoms with van der Waals surface area (Å²) < 4.78 is 50.3. The van der Waals surface area contributed by atoms with E-state index in [0.717, 1.165) is 6.92 Å². The van der Waals surface area contributed by atoms with Gasteiger partial charge in [-0.05, 0) is 25.1 Å². The molecule has 0 amide bonds. The number of anilines is 1. The molecule has 1 unspecified atom stereocenters. The number of hydrogen-bond acceptors (Lipinski definition) is 6. The lowest BCUT2D eigenvalue weighted by Crippen LogP contribution is -2.13. The molecule has 7 nitrogen and oxygen atoms in total. The van der Waals surface area contributed by atoms with E-state index in [1.165, 1.54) is 0 Å². The lowest BCUT2D eigenvalue weighted by molar-refractivity contribution is 0.471. The molecule has 1 rings (SSSR count). The first-order valence-electron chi connectivity index (χ1n) is 4.51. The fourth-order valence-corrected chi connectivity index (χ4v) is 1.88. The summed E-state index contributed by atoms with van der Waals surface area (Å²) in [5.74, 6) is 0. The highest BCUT2D eigenvalue weighted by Crippen LogP contribution is 2.21. The molecule has 1 aromatic carbocycles. The van der Waals surface area contributed by atoms with Crippen molar-refractivity contribution in [3.8, 4) is 0 Å². The molecule has 11 heteroatoms. The molecular formula is C8H10Cl2N2O5S2. The zero-order chi connectivity index (χ0) is 15.2. The van der Waals surface area contributed by atoms with Gasteiger partial charge in [0.15, 0.2) is 5.37 Å². The fraction of sp³-hybridized carbons (Fsp3) is 0.250. The van der Waals surface area contributed by atoms with Crippen LogP contribution in [-0.2, 0) is 20.6 Å². The third-order valence-electron chi connectivity index (χ3n) is 1.62. The molecular weight excluding hydrogens is 339 g/mol. The topological polar surface area (TPSA) is 127 Å². The molecule has 0 aliphatic rings. The third-order valence-corrected chi connectivity index (χ3v) is 3.79. The summed E-state index contributed by atoms with van der Waals surface area (Å²) >= 11 is 11.2. The number of hydrogen-bond donors (Lipinski definition) is 2. The molecule has 0 heterocycles. The second kappa shape index (κ2) is 7.65. The van der Waals surface area contributed by atoms with Gasteiger partial charge in [0.25, 0.3) is 10.1 Å². The number of nitrogens with two attached hydrogens (primary N) is 1. The van der Waals surface area contributed by atoms with E-state index >= 15 is 0 Å². The zero-order valence-corrected chi connectivity index (χ0v) is 12.6. The van der Waals surface area contributed by atoms with Crippen molar-refractivity contribution in [3.63, 3.8) is 0 Å². The highest BCUT2D eigenvalue weighted by Gasteiger charge is 2.15. The Morgan fingerprint density at radius 3 is 2.16 bits per heavy atom. The molecule has 0 spiro atoms. The summed E-state index contributed by atoms with van der Waals surface area (Å²) in [6.07, 6.45) is 0. The van der Waals surface area contributed by atoms with Crippen molar-refractivity contribution in [2.24, 2.45) is 4.36 Å². The molecule has 0 bridgehead atoms. The SMILES string of the molecule is CC(N=S(=O)=O)S(=O)(=O)O.Nc1cc(Cl)ccc1Cl. The van der Waals surface area contributed by atoms with E-state index in [4.69, 9.17) is 33.5 Å². The molecule has 0 saturated heterocycles. The maximum Gasteiger partial charge on any atom is 0.312 e. The van der Waals surface area contributed by atoms with E-state index in [0.29, 0.717) is 15.7 Å². The van der Waals surface area contributed by atoms with Gasteiger partial charge in [-0.15, -0.1) is 4.36 Å². The minimum Gasteiger partial charge on any atom is -0.397 e. The standard InChI is InChI=1S/C6H5Cl2N.C2H5NO5S2/c7-4-1-2-5(8)6(9)3-4;1-2(3-9(4)5)10(6,7)8/h1-3H,9H2;2H,1H3,(H,6,7,8). The van der Waals surface area contributed by atoms with Crippen LogP contribution in [0.2, 0.25) is 10.0 Å². The van der Waals surface area contributed by atoms with Crippen molar-refractivity contribution in [3.05, 3.63) is 28.2 Å². The van der Waals surface area contributed by atoms with Crippen LogP contribution in [0.15, 0.2) is 22.6 Å². The van der Waals surface area contributed by atoms with Crippen LogP contribution in [0, 0.1) is 0 Å². The summed E-state index contributed by atoms with van der Waals surface area (Å²) in [4.78, 5) is 0. The van der Waals surface area contributed by atoms with Gasteiger partial charge in [-0.2, -0.15) is 16.8 Å². The minimum absolute atomic E-state index is 0.518. The quantitative estimate of drug-likeness (QED) is 0.620. The average Bonchev–Trinajstić information content (AvgIpc) is 2.22. The van der Waals surface area contributed by atoms with Gasteiger partial charge in [0.2, 0.25) is 0 Å². The van der Waals surface area contributed by atoms with E-state index in [-0.39, 0.29) is 0 Å². The van der Waals surface area contributed by atoms with Crippen molar-refractivity contribution < 1.29 is 21.4 Å². The van der Waals surface area contributed by atoms with Crippen LogP contribution in [0.5, 0.6) is 0 Å². The first-order chi connectivity index (χ1) is 8.54. The van der Waals surface area contributed by atoms with E-state index in [2.05, 4.69) is 4.36 Å². The van der Waals surface area contributed by atoms with Gasteiger partial charge in [-0.1, -0.05) is 23.2 Å². The van der Waals surface area contributed by atoms with Crippen molar-refractivity contribution in [1.82, 2.24) is 0 Å². The molecule has 108 valence electrons. The number of benzene rings is 1. The molecule has 1 atom stereocenters. The Bertz CT molecular complexity index is 664. The van der Waals surface area contributed by atoms with Crippen LogP contribution in [0.3, 0.4) is 0 Å². The van der Waals surface area contributed by atoms with Crippen molar-refractivity contribution >= 4 is 49.5 Å². The van der Waals surface area contributed by atoms with Crippen LogP contribution in [0.25, 0.3) is 0 Å². The summed E-state index contributed by atoms with van der Waals surface area (Å²) in [6.45, 7) is 0.950. The largest absolute Gasteiger partial charge is 0.397 e. The molecule has 3 N–H and O–H groups in total. The monoisotopic (exact) mass is 348 g/mol. The molecule has 0 aliphatic carbocycles. The van der Waals surface area contributed by atoms with E-state index < -0.39 is 26.0 Å². The number of rotatable bonds is 2. The van der Waals surface area contributed by atoms with Gasteiger partial charge in [-0.3, -0.25) is 4.55 Å². The number of halogens is 2. The predicted molar refractivity (Wildman–Crippen MR) is 73.2 cm³/mol. The molecule has 0 fully saturated rings. The molecule has 0 radical (unpaired) electrons. The first kappa shape index (κ1) is 18.1. The number of nitrogen functional groups attached to an aromatic ring is 1. The molecule has 0 aliphatic heterocycles. The Hall–Kier alpha value is -0.870. The zero-order valence-electron chi connectivity index (χ0n) is 9.49. The Morgan fingerprint density at radius 2 is 1.89 bits per heavy atom.